The monoisotopic (exact) mass is 444 g/mol. The Labute approximate surface area is 178 Å². The number of nitrogens with one attached hydrogen (secondary N) is 2. The van der Waals surface area contributed by atoms with E-state index in [9.17, 15) is 18.0 Å². The van der Waals surface area contributed by atoms with Crippen molar-refractivity contribution in [2.75, 3.05) is 10.0 Å². The summed E-state index contributed by atoms with van der Waals surface area (Å²) in [5, 5.41) is 10.0. The summed E-state index contributed by atoms with van der Waals surface area (Å²) in [5.74, 6) is -0.626. The average molecular weight is 445 g/mol. The molecule has 0 aliphatic carbocycles. The van der Waals surface area contributed by atoms with Crippen molar-refractivity contribution in [3.8, 4) is 0 Å². The van der Waals surface area contributed by atoms with Crippen LogP contribution < -0.4 is 10.0 Å². The van der Waals surface area contributed by atoms with Crippen LogP contribution in [0.5, 0.6) is 0 Å². The normalized spacial score (nSPS) is 11.7. The van der Waals surface area contributed by atoms with E-state index in [0.29, 0.717) is 5.56 Å². The number of sulfonamides is 1. The molecule has 0 atom stereocenters. The molecule has 0 unspecified atom stereocenters. The van der Waals surface area contributed by atoms with Crippen LogP contribution in [0.15, 0.2) is 58.9 Å². The standard InChI is InChI=1S/C20H20N4O4S2/c1-20(2,3)17(26)21-18-22-23-19(29-18)30(27,28)24-15-12-8-7-11-14(15)16(25)13-9-5-4-6-10-13/h4-12,24H,1-3H3,(H,21,22,26). The zero-order chi connectivity index (χ0) is 21.9. The fourth-order valence-electron chi connectivity index (χ4n) is 2.36. The summed E-state index contributed by atoms with van der Waals surface area (Å²) >= 11 is 0.725. The van der Waals surface area contributed by atoms with Crippen LogP contribution in [-0.4, -0.2) is 30.3 Å². The van der Waals surface area contributed by atoms with Gasteiger partial charge in [0.2, 0.25) is 11.0 Å². The van der Waals surface area contributed by atoms with E-state index in [4.69, 9.17) is 0 Å². The van der Waals surface area contributed by atoms with Gasteiger partial charge in [-0.2, -0.15) is 8.42 Å². The maximum Gasteiger partial charge on any atom is 0.291 e. The fourth-order valence-corrected chi connectivity index (χ4v) is 4.33. The molecule has 1 heterocycles. The number of carbonyl (C=O) groups is 2. The summed E-state index contributed by atoms with van der Waals surface area (Å²) in [4.78, 5) is 24.9. The van der Waals surface area contributed by atoms with Gasteiger partial charge >= 0.3 is 0 Å². The number of hydrogen-bond donors (Lipinski definition) is 2. The number of para-hydroxylation sites is 1. The van der Waals surface area contributed by atoms with Gasteiger partial charge in [0.1, 0.15) is 0 Å². The highest BCUT2D eigenvalue weighted by molar-refractivity contribution is 7.94. The molecule has 30 heavy (non-hydrogen) atoms. The Kier molecular flexibility index (Phi) is 5.99. The molecule has 0 fully saturated rings. The second-order valence-corrected chi connectivity index (χ2v) is 10.3. The summed E-state index contributed by atoms with van der Waals surface area (Å²) in [6.45, 7) is 5.18. The van der Waals surface area contributed by atoms with Crippen LogP contribution in [0.1, 0.15) is 36.7 Å². The predicted molar refractivity (Wildman–Crippen MR) is 115 cm³/mol. The Morgan fingerprint density at radius 1 is 0.933 bits per heavy atom. The highest BCUT2D eigenvalue weighted by Gasteiger charge is 2.26. The van der Waals surface area contributed by atoms with Gasteiger partial charge in [-0.25, -0.2) is 0 Å². The van der Waals surface area contributed by atoms with Crippen molar-refractivity contribution in [3.05, 3.63) is 65.7 Å². The van der Waals surface area contributed by atoms with Gasteiger partial charge in [0.05, 0.1) is 5.69 Å². The largest absolute Gasteiger partial charge is 0.300 e. The second-order valence-electron chi connectivity index (χ2n) is 7.42. The zero-order valence-corrected chi connectivity index (χ0v) is 18.2. The van der Waals surface area contributed by atoms with Crippen LogP contribution in [0.4, 0.5) is 10.8 Å². The molecule has 0 saturated heterocycles. The third-order valence-electron chi connectivity index (χ3n) is 3.99. The minimum absolute atomic E-state index is 0.0731. The fraction of sp³-hybridized carbons (Fsp3) is 0.200. The first-order valence-corrected chi connectivity index (χ1v) is 11.2. The second kappa shape index (κ2) is 8.33. The molecule has 2 aromatic carbocycles. The van der Waals surface area contributed by atoms with Gasteiger partial charge in [-0.05, 0) is 12.1 Å². The number of carbonyl (C=O) groups excluding carboxylic acids is 2. The van der Waals surface area contributed by atoms with Crippen LogP contribution in [0.3, 0.4) is 0 Å². The van der Waals surface area contributed by atoms with Gasteiger partial charge < -0.3 is 5.32 Å². The number of anilines is 2. The smallest absolute Gasteiger partial charge is 0.291 e. The summed E-state index contributed by atoms with van der Waals surface area (Å²) in [6, 6.07) is 14.9. The highest BCUT2D eigenvalue weighted by Crippen LogP contribution is 2.26. The summed E-state index contributed by atoms with van der Waals surface area (Å²) in [6.07, 6.45) is 0. The number of aromatic nitrogens is 2. The maximum atomic E-state index is 12.8. The summed E-state index contributed by atoms with van der Waals surface area (Å²) in [5.41, 5.74) is 0.104. The lowest BCUT2D eigenvalue weighted by atomic mass is 9.96. The van der Waals surface area contributed by atoms with Gasteiger partial charge in [-0.15, -0.1) is 10.2 Å². The topological polar surface area (TPSA) is 118 Å². The van der Waals surface area contributed by atoms with E-state index in [1.165, 1.54) is 6.07 Å². The van der Waals surface area contributed by atoms with Gasteiger partial charge in [0.15, 0.2) is 5.78 Å². The summed E-state index contributed by atoms with van der Waals surface area (Å²) < 4.78 is 27.6. The number of benzene rings is 2. The first kappa shape index (κ1) is 21.6. The van der Waals surface area contributed by atoms with Crippen LogP contribution >= 0.6 is 11.3 Å². The number of nitrogens with zero attached hydrogens (tertiary/aromatic N) is 2. The number of hydrogen-bond acceptors (Lipinski definition) is 7. The van der Waals surface area contributed by atoms with E-state index in [1.54, 1.807) is 69.3 Å². The lowest BCUT2D eigenvalue weighted by Gasteiger charge is -2.15. The van der Waals surface area contributed by atoms with Crippen molar-refractivity contribution < 1.29 is 18.0 Å². The molecule has 156 valence electrons. The van der Waals surface area contributed by atoms with E-state index in [-0.39, 0.29) is 32.4 Å². The van der Waals surface area contributed by atoms with Crippen molar-refractivity contribution in [2.24, 2.45) is 5.41 Å². The van der Waals surface area contributed by atoms with Crippen molar-refractivity contribution in [1.29, 1.82) is 0 Å². The molecule has 1 aromatic heterocycles. The Morgan fingerprint density at radius 2 is 1.57 bits per heavy atom. The molecule has 0 radical (unpaired) electrons. The lowest BCUT2D eigenvalue weighted by Crippen LogP contribution is -2.27. The minimum Gasteiger partial charge on any atom is -0.300 e. The van der Waals surface area contributed by atoms with Crippen molar-refractivity contribution in [1.82, 2.24) is 10.2 Å². The molecule has 1 amide bonds. The SMILES string of the molecule is CC(C)(C)C(=O)Nc1nnc(S(=O)(=O)Nc2ccccc2C(=O)c2ccccc2)s1. The summed E-state index contributed by atoms with van der Waals surface area (Å²) in [7, 11) is -4.11. The molecule has 2 N–H and O–H groups in total. The Bertz CT molecular complexity index is 1180. The van der Waals surface area contributed by atoms with E-state index < -0.39 is 15.4 Å². The Morgan fingerprint density at radius 3 is 2.23 bits per heavy atom. The minimum atomic E-state index is -4.11. The van der Waals surface area contributed by atoms with Crippen LogP contribution in [0, 0.1) is 5.41 Å². The van der Waals surface area contributed by atoms with E-state index in [1.807, 2.05) is 0 Å². The predicted octanol–water partition coefficient (Wildman–Crippen LogP) is 3.55. The van der Waals surface area contributed by atoms with Gasteiger partial charge in [0.25, 0.3) is 14.4 Å². The molecule has 0 aliphatic heterocycles. The molecule has 3 rings (SSSR count). The van der Waals surface area contributed by atoms with E-state index in [0.717, 1.165) is 11.3 Å². The average Bonchev–Trinajstić information content (AvgIpc) is 3.17. The van der Waals surface area contributed by atoms with Crippen molar-refractivity contribution in [2.45, 2.75) is 25.1 Å². The molecule has 8 nitrogen and oxygen atoms in total. The van der Waals surface area contributed by atoms with Crippen LogP contribution in [-0.2, 0) is 14.8 Å². The molecule has 0 spiro atoms. The van der Waals surface area contributed by atoms with Crippen molar-refractivity contribution >= 4 is 43.9 Å². The zero-order valence-electron chi connectivity index (χ0n) is 16.5. The van der Waals surface area contributed by atoms with Gasteiger partial charge in [-0.1, -0.05) is 74.6 Å². The third-order valence-corrected chi connectivity index (χ3v) is 6.56. The van der Waals surface area contributed by atoms with Crippen LogP contribution in [0.2, 0.25) is 0 Å². The van der Waals surface area contributed by atoms with E-state index in [2.05, 4.69) is 20.2 Å². The molecule has 0 bridgehead atoms. The van der Waals surface area contributed by atoms with Crippen LogP contribution in [0.25, 0.3) is 0 Å². The highest BCUT2D eigenvalue weighted by atomic mass is 32.2. The lowest BCUT2D eigenvalue weighted by molar-refractivity contribution is -0.123. The quantitative estimate of drug-likeness (QED) is 0.443. The maximum absolute atomic E-state index is 12.8. The third kappa shape index (κ3) is 4.89. The molecule has 0 aliphatic rings. The molecule has 10 heteroatoms. The molecular formula is C20H20N4O4S2. The number of ketones is 1. The number of rotatable bonds is 6. The Hall–Kier alpha value is -3.11. The molecular weight excluding hydrogens is 424 g/mol. The van der Waals surface area contributed by atoms with Gasteiger partial charge in [-0.3, -0.25) is 14.3 Å². The van der Waals surface area contributed by atoms with Crippen molar-refractivity contribution in [3.63, 3.8) is 0 Å². The first-order chi connectivity index (χ1) is 14.1. The number of amides is 1. The van der Waals surface area contributed by atoms with E-state index >= 15 is 0 Å². The Balaban J connectivity index is 1.85. The molecule has 0 saturated carbocycles. The first-order valence-electron chi connectivity index (χ1n) is 8.94. The van der Waals surface area contributed by atoms with Gasteiger partial charge in [0, 0.05) is 16.5 Å². The molecule has 3 aromatic rings.